The second-order valence-electron chi connectivity index (χ2n) is 4.85. The van der Waals surface area contributed by atoms with Crippen molar-refractivity contribution in [2.45, 2.75) is 13.0 Å². The molecule has 3 rings (SSSR count). The average molecular weight is 285 g/mol. The second kappa shape index (κ2) is 6.50. The summed E-state index contributed by atoms with van der Waals surface area (Å²) in [6, 6.07) is 16.0. The molecule has 1 atom stereocenters. The SMILES string of the molecule is CCNC(COc1ccccc1)c1ccc2c(c1)OCO2. The van der Waals surface area contributed by atoms with Crippen LogP contribution in [0.2, 0.25) is 0 Å². The number of hydrogen-bond acceptors (Lipinski definition) is 4. The standard InChI is InChI=1S/C17H19NO3/c1-2-18-15(11-19-14-6-4-3-5-7-14)13-8-9-16-17(10-13)21-12-20-16/h3-10,15,18H,2,11-12H2,1H3. The summed E-state index contributed by atoms with van der Waals surface area (Å²) in [7, 11) is 0. The molecule has 1 aliphatic rings. The highest BCUT2D eigenvalue weighted by Crippen LogP contribution is 2.34. The predicted molar refractivity (Wildman–Crippen MR) is 80.9 cm³/mol. The largest absolute Gasteiger partial charge is 0.492 e. The summed E-state index contributed by atoms with van der Waals surface area (Å²) in [6.45, 7) is 3.82. The van der Waals surface area contributed by atoms with Gasteiger partial charge in [0.15, 0.2) is 11.5 Å². The van der Waals surface area contributed by atoms with E-state index < -0.39 is 0 Å². The Hall–Kier alpha value is -2.20. The lowest BCUT2D eigenvalue weighted by molar-refractivity contribution is 0.174. The van der Waals surface area contributed by atoms with E-state index in [4.69, 9.17) is 14.2 Å². The molecular weight excluding hydrogens is 266 g/mol. The van der Waals surface area contributed by atoms with Crippen LogP contribution in [0.4, 0.5) is 0 Å². The summed E-state index contributed by atoms with van der Waals surface area (Å²) in [5, 5.41) is 3.44. The molecule has 1 aliphatic heterocycles. The minimum absolute atomic E-state index is 0.115. The average Bonchev–Trinajstić information content (AvgIpc) is 3.00. The maximum atomic E-state index is 5.86. The van der Waals surface area contributed by atoms with E-state index in [0.717, 1.165) is 29.4 Å². The normalized spacial score (nSPS) is 14.0. The monoisotopic (exact) mass is 285 g/mol. The van der Waals surface area contributed by atoms with Crippen molar-refractivity contribution in [2.75, 3.05) is 19.9 Å². The van der Waals surface area contributed by atoms with Crippen molar-refractivity contribution in [3.8, 4) is 17.2 Å². The van der Waals surface area contributed by atoms with Gasteiger partial charge in [0.1, 0.15) is 12.4 Å². The van der Waals surface area contributed by atoms with Gasteiger partial charge in [-0.3, -0.25) is 0 Å². The number of likely N-dealkylation sites (N-methyl/N-ethyl adjacent to an activating group) is 1. The first-order valence-electron chi connectivity index (χ1n) is 7.17. The zero-order chi connectivity index (χ0) is 14.5. The fraction of sp³-hybridized carbons (Fsp3) is 0.294. The molecule has 0 spiro atoms. The van der Waals surface area contributed by atoms with Gasteiger partial charge in [0, 0.05) is 0 Å². The number of benzene rings is 2. The lowest BCUT2D eigenvalue weighted by atomic mass is 10.1. The molecule has 1 unspecified atom stereocenters. The minimum Gasteiger partial charge on any atom is -0.492 e. The van der Waals surface area contributed by atoms with Crippen LogP contribution in [0.25, 0.3) is 0 Å². The summed E-state index contributed by atoms with van der Waals surface area (Å²) < 4.78 is 16.6. The number of fused-ring (bicyclic) bond motifs is 1. The molecule has 1 N–H and O–H groups in total. The summed E-state index contributed by atoms with van der Waals surface area (Å²) in [5.41, 5.74) is 1.14. The van der Waals surface area contributed by atoms with E-state index in [1.807, 2.05) is 42.5 Å². The third-order valence-electron chi connectivity index (χ3n) is 3.41. The van der Waals surface area contributed by atoms with Crippen molar-refractivity contribution in [1.82, 2.24) is 5.32 Å². The van der Waals surface area contributed by atoms with Gasteiger partial charge in [0.25, 0.3) is 0 Å². The smallest absolute Gasteiger partial charge is 0.231 e. The highest BCUT2D eigenvalue weighted by atomic mass is 16.7. The molecule has 2 aromatic rings. The second-order valence-corrected chi connectivity index (χ2v) is 4.85. The Balaban J connectivity index is 1.72. The predicted octanol–water partition coefficient (Wildman–Crippen LogP) is 3.14. The lowest BCUT2D eigenvalue weighted by Crippen LogP contribution is -2.26. The van der Waals surface area contributed by atoms with Crippen LogP contribution in [0.3, 0.4) is 0 Å². The maximum Gasteiger partial charge on any atom is 0.231 e. The van der Waals surface area contributed by atoms with Crippen LogP contribution in [0, 0.1) is 0 Å². The molecule has 4 heteroatoms. The van der Waals surface area contributed by atoms with Crippen LogP contribution in [0.15, 0.2) is 48.5 Å². The van der Waals surface area contributed by atoms with Crippen molar-refractivity contribution < 1.29 is 14.2 Å². The molecule has 0 aliphatic carbocycles. The van der Waals surface area contributed by atoms with Gasteiger partial charge in [-0.1, -0.05) is 31.2 Å². The maximum absolute atomic E-state index is 5.86. The first-order chi connectivity index (χ1) is 10.4. The van der Waals surface area contributed by atoms with E-state index in [-0.39, 0.29) is 6.04 Å². The van der Waals surface area contributed by atoms with Crippen molar-refractivity contribution in [1.29, 1.82) is 0 Å². The molecule has 21 heavy (non-hydrogen) atoms. The topological polar surface area (TPSA) is 39.7 Å². The van der Waals surface area contributed by atoms with E-state index >= 15 is 0 Å². The third-order valence-corrected chi connectivity index (χ3v) is 3.41. The summed E-state index contributed by atoms with van der Waals surface area (Å²) in [4.78, 5) is 0. The highest BCUT2D eigenvalue weighted by Gasteiger charge is 2.18. The molecule has 2 aromatic carbocycles. The van der Waals surface area contributed by atoms with Crippen molar-refractivity contribution in [2.24, 2.45) is 0 Å². The molecule has 4 nitrogen and oxygen atoms in total. The molecule has 0 saturated heterocycles. The molecule has 1 heterocycles. The van der Waals surface area contributed by atoms with Crippen molar-refractivity contribution in [3.05, 3.63) is 54.1 Å². The molecule has 0 saturated carbocycles. The third kappa shape index (κ3) is 3.28. The van der Waals surface area contributed by atoms with E-state index in [9.17, 15) is 0 Å². The Morgan fingerprint density at radius 1 is 1.10 bits per heavy atom. The van der Waals surface area contributed by atoms with Gasteiger partial charge in [-0.2, -0.15) is 0 Å². The van der Waals surface area contributed by atoms with Gasteiger partial charge in [0.2, 0.25) is 6.79 Å². The first-order valence-corrected chi connectivity index (χ1v) is 7.17. The molecule has 0 radical (unpaired) electrons. The van der Waals surface area contributed by atoms with Gasteiger partial charge in [-0.25, -0.2) is 0 Å². The van der Waals surface area contributed by atoms with E-state index in [2.05, 4.69) is 18.3 Å². The van der Waals surface area contributed by atoms with Crippen molar-refractivity contribution >= 4 is 0 Å². The molecule has 0 fully saturated rings. The Morgan fingerprint density at radius 3 is 2.71 bits per heavy atom. The summed E-state index contributed by atoms with van der Waals surface area (Å²) in [6.07, 6.45) is 0. The van der Waals surface area contributed by atoms with Crippen molar-refractivity contribution in [3.63, 3.8) is 0 Å². The molecule has 0 bridgehead atoms. The Kier molecular flexibility index (Phi) is 4.26. The van der Waals surface area contributed by atoms with E-state index in [1.165, 1.54) is 0 Å². The van der Waals surface area contributed by atoms with Gasteiger partial charge in [-0.05, 0) is 36.4 Å². The van der Waals surface area contributed by atoms with Crippen LogP contribution in [0.5, 0.6) is 17.2 Å². The Morgan fingerprint density at radius 2 is 1.90 bits per heavy atom. The molecular formula is C17H19NO3. The summed E-state index contributed by atoms with van der Waals surface area (Å²) in [5.74, 6) is 2.48. The molecule has 110 valence electrons. The lowest BCUT2D eigenvalue weighted by Gasteiger charge is -2.19. The highest BCUT2D eigenvalue weighted by molar-refractivity contribution is 5.45. The van der Waals surface area contributed by atoms with Crippen LogP contribution >= 0.6 is 0 Å². The van der Waals surface area contributed by atoms with Gasteiger partial charge in [-0.15, -0.1) is 0 Å². The zero-order valence-corrected chi connectivity index (χ0v) is 12.0. The van der Waals surface area contributed by atoms with Crippen LogP contribution < -0.4 is 19.5 Å². The molecule has 0 amide bonds. The summed E-state index contributed by atoms with van der Waals surface area (Å²) >= 11 is 0. The number of para-hydroxylation sites is 1. The van der Waals surface area contributed by atoms with E-state index in [0.29, 0.717) is 13.4 Å². The van der Waals surface area contributed by atoms with Gasteiger partial charge >= 0.3 is 0 Å². The van der Waals surface area contributed by atoms with Crippen LogP contribution in [-0.2, 0) is 0 Å². The quantitative estimate of drug-likeness (QED) is 0.885. The van der Waals surface area contributed by atoms with E-state index in [1.54, 1.807) is 0 Å². The Labute approximate surface area is 124 Å². The molecule has 0 aromatic heterocycles. The first kappa shape index (κ1) is 13.8. The van der Waals surface area contributed by atoms with Gasteiger partial charge < -0.3 is 19.5 Å². The number of rotatable bonds is 6. The zero-order valence-electron chi connectivity index (χ0n) is 12.0. The minimum atomic E-state index is 0.115. The number of ether oxygens (including phenoxy) is 3. The number of hydrogen-bond donors (Lipinski definition) is 1. The van der Waals surface area contributed by atoms with Crippen LogP contribution in [0.1, 0.15) is 18.5 Å². The fourth-order valence-electron chi connectivity index (χ4n) is 2.35. The van der Waals surface area contributed by atoms with Gasteiger partial charge in [0.05, 0.1) is 6.04 Å². The fourth-order valence-corrected chi connectivity index (χ4v) is 2.35. The Bertz CT molecular complexity index is 586. The number of nitrogens with one attached hydrogen (secondary N) is 1. The van der Waals surface area contributed by atoms with Crippen LogP contribution in [-0.4, -0.2) is 19.9 Å².